The van der Waals surface area contributed by atoms with E-state index in [1.165, 1.54) is 0 Å². The summed E-state index contributed by atoms with van der Waals surface area (Å²) in [6, 6.07) is 0. The molecule has 7 heavy (non-hydrogen) atoms. The molecule has 1 heterocycles. The molecule has 0 spiro atoms. The monoisotopic (exact) mass is 116 g/mol. The summed E-state index contributed by atoms with van der Waals surface area (Å²) in [4.78, 5) is -0.250. The van der Waals surface area contributed by atoms with E-state index in [1.807, 2.05) is 18.5 Å². The van der Waals surface area contributed by atoms with Crippen molar-refractivity contribution < 1.29 is 0 Å². The molecule has 0 amide bonds. The molecular weight excluding hydrogens is 108 g/mol. The van der Waals surface area contributed by atoms with Gasteiger partial charge in [-0.3, -0.25) is 0 Å². The molecule has 0 aromatic carbocycles. The van der Waals surface area contributed by atoms with Crippen LogP contribution in [0.5, 0.6) is 0 Å². The van der Waals surface area contributed by atoms with Crippen LogP contribution < -0.4 is 11.1 Å². The molecule has 0 saturated carbocycles. The molecular formula is C4H8N2S. The Labute approximate surface area is 47.2 Å². The standard InChI is InChI=1S/C4H8N2S/c1-4(5)6-2-3-7-4/h2-3,6H,5H2,1H3. The van der Waals surface area contributed by atoms with Gasteiger partial charge in [0.05, 0.1) is 0 Å². The van der Waals surface area contributed by atoms with Gasteiger partial charge in [-0.25, -0.2) is 0 Å². The molecule has 1 aliphatic rings. The fraction of sp³-hybridized carbons (Fsp3) is 0.500. The van der Waals surface area contributed by atoms with Crippen molar-refractivity contribution in [1.29, 1.82) is 0 Å². The van der Waals surface area contributed by atoms with E-state index in [0.29, 0.717) is 0 Å². The van der Waals surface area contributed by atoms with E-state index in [-0.39, 0.29) is 4.99 Å². The number of thioether (sulfide) groups is 1. The average molecular weight is 116 g/mol. The molecule has 1 rings (SSSR count). The Morgan fingerprint density at radius 3 is 2.71 bits per heavy atom. The average Bonchev–Trinajstić information content (AvgIpc) is 1.84. The Balaban J connectivity index is 2.49. The number of nitrogens with two attached hydrogens (primary N) is 1. The summed E-state index contributed by atoms with van der Waals surface area (Å²) in [6.07, 6.45) is 1.85. The van der Waals surface area contributed by atoms with Crippen LogP contribution in [-0.4, -0.2) is 4.99 Å². The lowest BCUT2D eigenvalue weighted by molar-refractivity contribution is 0.620. The Hall–Kier alpha value is -0.150. The van der Waals surface area contributed by atoms with Gasteiger partial charge >= 0.3 is 0 Å². The lowest BCUT2D eigenvalue weighted by Gasteiger charge is -2.15. The second-order valence-corrected chi connectivity index (χ2v) is 3.03. The molecule has 0 fully saturated rings. The van der Waals surface area contributed by atoms with Gasteiger partial charge in [0, 0.05) is 6.20 Å². The number of hydrogen-bond acceptors (Lipinski definition) is 3. The van der Waals surface area contributed by atoms with E-state index in [9.17, 15) is 0 Å². The molecule has 3 N–H and O–H groups in total. The molecule has 1 unspecified atom stereocenters. The molecule has 0 aromatic heterocycles. The van der Waals surface area contributed by atoms with Gasteiger partial charge in [0.1, 0.15) is 4.99 Å². The lowest BCUT2D eigenvalue weighted by Crippen LogP contribution is -2.41. The predicted octanol–water partition coefficient (Wildman–Crippen LogP) is 0.426. The highest BCUT2D eigenvalue weighted by Crippen LogP contribution is 2.21. The first kappa shape index (κ1) is 5.00. The SMILES string of the molecule is CC1(N)NC=CS1. The first-order chi connectivity index (χ1) is 3.21. The van der Waals surface area contributed by atoms with Crippen LogP contribution in [-0.2, 0) is 0 Å². The quantitative estimate of drug-likeness (QED) is 0.482. The van der Waals surface area contributed by atoms with Gasteiger partial charge in [-0.1, -0.05) is 11.8 Å². The Morgan fingerprint density at radius 2 is 2.57 bits per heavy atom. The number of hydrogen-bond donors (Lipinski definition) is 2. The minimum absolute atomic E-state index is 0.250. The van der Waals surface area contributed by atoms with E-state index < -0.39 is 0 Å². The topological polar surface area (TPSA) is 38.0 Å². The van der Waals surface area contributed by atoms with Gasteiger partial charge in [-0.05, 0) is 12.3 Å². The van der Waals surface area contributed by atoms with Gasteiger partial charge in [0.2, 0.25) is 0 Å². The number of nitrogens with one attached hydrogen (secondary N) is 1. The van der Waals surface area contributed by atoms with Crippen LogP contribution in [0.2, 0.25) is 0 Å². The zero-order valence-corrected chi connectivity index (χ0v) is 4.96. The van der Waals surface area contributed by atoms with Crippen LogP contribution in [0, 0.1) is 0 Å². The maximum Gasteiger partial charge on any atom is 0.135 e. The van der Waals surface area contributed by atoms with Gasteiger partial charge < -0.3 is 11.1 Å². The fourth-order valence-electron chi connectivity index (χ4n) is 0.409. The Bertz CT molecular complexity index is 87.9. The maximum atomic E-state index is 5.57. The van der Waals surface area contributed by atoms with Gasteiger partial charge in [-0.15, -0.1) is 0 Å². The highest BCUT2D eigenvalue weighted by molar-refractivity contribution is 8.03. The molecule has 40 valence electrons. The zero-order chi connectivity index (χ0) is 5.33. The van der Waals surface area contributed by atoms with Gasteiger partial charge in [0.15, 0.2) is 0 Å². The van der Waals surface area contributed by atoms with Crippen molar-refractivity contribution in [3.05, 3.63) is 11.6 Å². The summed E-state index contributed by atoms with van der Waals surface area (Å²) in [5.74, 6) is 0. The Kier molecular flexibility index (Phi) is 1.01. The highest BCUT2D eigenvalue weighted by Gasteiger charge is 2.17. The van der Waals surface area contributed by atoms with E-state index in [0.717, 1.165) is 0 Å². The summed E-state index contributed by atoms with van der Waals surface area (Å²) >= 11 is 1.59. The molecule has 0 aliphatic carbocycles. The third kappa shape index (κ3) is 1.11. The summed E-state index contributed by atoms with van der Waals surface area (Å²) in [7, 11) is 0. The highest BCUT2D eigenvalue weighted by atomic mass is 32.2. The minimum atomic E-state index is -0.250. The molecule has 0 radical (unpaired) electrons. The molecule has 1 aliphatic heterocycles. The summed E-state index contributed by atoms with van der Waals surface area (Å²) < 4.78 is 0. The van der Waals surface area contributed by atoms with Gasteiger partial charge in [-0.2, -0.15) is 0 Å². The van der Waals surface area contributed by atoms with Crippen LogP contribution in [0.15, 0.2) is 11.6 Å². The zero-order valence-electron chi connectivity index (χ0n) is 4.14. The van der Waals surface area contributed by atoms with Crippen molar-refractivity contribution in [2.45, 2.75) is 11.9 Å². The summed E-state index contributed by atoms with van der Waals surface area (Å²) in [5.41, 5.74) is 5.57. The number of rotatable bonds is 0. The van der Waals surface area contributed by atoms with E-state index in [1.54, 1.807) is 11.8 Å². The molecule has 2 nitrogen and oxygen atoms in total. The molecule has 0 bridgehead atoms. The fourth-order valence-corrected chi connectivity index (χ4v) is 0.964. The van der Waals surface area contributed by atoms with Crippen molar-refractivity contribution in [3.8, 4) is 0 Å². The van der Waals surface area contributed by atoms with Crippen molar-refractivity contribution in [2.24, 2.45) is 5.73 Å². The van der Waals surface area contributed by atoms with E-state index >= 15 is 0 Å². The normalized spacial score (nSPS) is 38.6. The first-order valence-corrected chi connectivity index (χ1v) is 2.98. The van der Waals surface area contributed by atoms with Crippen LogP contribution in [0.1, 0.15) is 6.92 Å². The molecule has 0 saturated heterocycles. The third-order valence-corrected chi connectivity index (χ3v) is 1.63. The van der Waals surface area contributed by atoms with Crippen LogP contribution in [0.4, 0.5) is 0 Å². The van der Waals surface area contributed by atoms with Crippen molar-refractivity contribution in [2.75, 3.05) is 0 Å². The second-order valence-electron chi connectivity index (χ2n) is 1.67. The van der Waals surface area contributed by atoms with Crippen molar-refractivity contribution in [1.82, 2.24) is 5.32 Å². The maximum absolute atomic E-state index is 5.57. The predicted molar refractivity (Wildman–Crippen MR) is 32.5 cm³/mol. The van der Waals surface area contributed by atoms with Crippen LogP contribution in [0.3, 0.4) is 0 Å². The van der Waals surface area contributed by atoms with Crippen LogP contribution in [0.25, 0.3) is 0 Å². The second kappa shape index (κ2) is 1.42. The smallest absolute Gasteiger partial charge is 0.135 e. The molecule has 1 atom stereocenters. The van der Waals surface area contributed by atoms with Gasteiger partial charge in [0.25, 0.3) is 0 Å². The van der Waals surface area contributed by atoms with E-state index in [2.05, 4.69) is 5.32 Å². The lowest BCUT2D eigenvalue weighted by atomic mass is 10.6. The molecule has 0 aromatic rings. The largest absolute Gasteiger partial charge is 0.365 e. The Morgan fingerprint density at radius 1 is 1.86 bits per heavy atom. The van der Waals surface area contributed by atoms with Crippen molar-refractivity contribution >= 4 is 11.8 Å². The van der Waals surface area contributed by atoms with E-state index in [4.69, 9.17) is 5.73 Å². The molecule has 3 heteroatoms. The van der Waals surface area contributed by atoms with Crippen molar-refractivity contribution in [3.63, 3.8) is 0 Å². The third-order valence-electron chi connectivity index (χ3n) is 0.751. The first-order valence-electron chi connectivity index (χ1n) is 2.10. The summed E-state index contributed by atoms with van der Waals surface area (Å²) in [5, 5.41) is 4.90. The van der Waals surface area contributed by atoms with Crippen LogP contribution >= 0.6 is 11.8 Å². The minimum Gasteiger partial charge on any atom is -0.365 e. The summed E-state index contributed by atoms with van der Waals surface area (Å²) in [6.45, 7) is 1.93.